The number of benzene rings is 2. The minimum absolute atomic E-state index is 0.306. The van der Waals surface area contributed by atoms with Gasteiger partial charge in [-0.15, -0.1) is 10.2 Å². The zero-order valence-corrected chi connectivity index (χ0v) is 15.8. The number of carbonyl (C=O) groups excluding carboxylic acids is 1. The van der Waals surface area contributed by atoms with Crippen LogP contribution in [0.1, 0.15) is 35.7 Å². The number of nitrogens with zero attached hydrogens (tertiary/aromatic N) is 4. The van der Waals surface area contributed by atoms with Crippen LogP contribution in [0.25, 0.3) is 16.7 Å². The van der Waals surface area contributed by atoms with E-state index in [1.807, 2.05) is 35.6 Å². The van der Waals surface area contributed by atoms with Crippen LogP contribution in [0.3, 0.4) is 0 Å². The fourth-order valence-corrected chi connectivity index (χ4v) is 2.97. The van der Waals surface area contributed by atoms with Gasteiger partial charge in [-0.25, -0.2) is 9.78 Å². The standard InChI is InChI=1S/C21H21N5O2/c1-3-4-11-28-21(27)15-6-8-16(9-7-15)23-19-20-25-22-13-26(20)18-12-14(2)5-10-17(18)24-19/h5-10,12-13H,3-4,11H2,1-2H3,(H,23,24). The van der Waals surface area contributed by atoms with Crippen LogP contribution in [0.5, 0.6) is 0 Å². The summed E-state index contributed by atoms with van der Waals surface area (Å²) in [5.41, 5.74) is 4.91. The molecule has 0 saturated heterocycles. The predicted molar refractivity (Wildman–Crippen MR) is 108 cm³/mol. The number of hydrogen-bond donors (Lipinski definition) is 1. The molecule has 0 spiro atoms. The number of anilines is 2. The largest absolute Gasteiger partial charge is 0.462 e. The van der Waals surface area contributed by atoms with Gasteiger partial charge in [0.15, 0.2) is 5.82 Å². The average Bonchev–Trinajstić information content (AvgIpc) is 3.20. The Labute approximate surface area is 162 Å². The number of carbonyl (C=O) groups is 1. The van der Waals surface area contributed by atoms with Gasteiger partial charge in [0.1, 0.15) is 6.33 Å². The second kappa shape index (κ2) is 7.64. The minimum Gasteiger partial charge on any atom is -0.462 e. The monoisotopic (exact) mass is 375 g/mol. The van der Waals surface area contributed by atoms with Crippen molar-refractivity contribution >= 4 is 34.2 Å². The van der Waals surface area contributed by atoms with Crippen LogP contribution in [-0.2, 0) is 4.74 Å². The topological polar surface area (TPSA) is 81.4 Å². The molecular formula is C21H21N5O2. The van der Waals surface area contributed by atoms with Crippen molar-refractivity contribution in [3.05, 3.63) is 59.9 Å². The van der Waals surface area contributed by atoms with Crippen LogP contribution in [0.2, 0.25) is 0 Å². The van der Waals surface area contributed by atoms with Gasteiger partial charge in [-0.2, -0.15) is 0 Å². The average molecular weight is 375 g/mol. The van der Waals surface area contributed by atoms with E-state index in [0.29, 0.717) is 23.6 Å². The molecule has 4 rings (SSSR count). The Morgan fingerprint density at radius 3 is 2.79 bits per heavy atom. The molecular weight excluding hydrogens is 354 g/mol. The third-order valence-corrected chi connectivity index (χ3v) is 4.50. The first-order valence-corrected chi connectivity index (χ1v) is 9.30. The molecule has 2 aromatic heterocycles. The van der Waals surface area contributed by atoms with E-state index in [-0.39, 0.29) is 5.97 Å². The molecule has 0 aliphatic carbocycles. The van der Waals surface area contributed by atoms with Crippen LogP contribution >= 0.6 is 0 Å². The van der Waals surface area contributed by atoms with Gasteiger partial charge >= 0.3 is 5.97 Å². The molecule has 0 bridgehead atoms. The van der Waals surface area contributed by atoms with Gasteiger partial charge in [-0.1, -0.05) is 19.4 Å². The molecule has 0 radical (unpaired) electrons. The molecule has 0 saturated carbocycles. The van der Waals surface area contributed by atoms with E-state index in [2.05, 4.69) is 28.5 Å². The summed E-state index contributed by atoms with van der Waals surface area (Å²) in [6.45, 7) is 4.54. The Kier molecular flexibility index (Phi) is 4.89. The fourth-order valence-electron chi connectivity index (χ4n) is 2.97. The second-order valence-corrected chi connectivity index (χ2v) is 6.67. The number of aromatic nitrogens is 4. The van der Waals surface area contributed by atoms with Crippen LogP contribution in [-0.4, -0.2) is 32.2 Å². The number of aryl methyl sites for hydroxylation is 1. The van der Waals surface area contributed by atoms with Crippen molar-refractivity contribution in [1.29, 1.82) is 0 Å². The Bertz CT molecular complexity index is 1130. The quantitative estimate of drug-likeness (QED) is 0.400. The lowest BCUT2D eigenvalue weighted by Crippen LogP contribution is -2.06. The molecule has 2 aromatic carbocycles. The third-order valence-electron chi connectivity index (χ3n) is 4.50. The summed E-state index contributed by atoms with van der Waals surface area (Å²) in [6.07, 6.45) is 3.54. The lowest BCUT2D eigenvalue weighted by Gasteiger charge is -2.10. The molecule has 7 nitrogen and oxygen atoms in total. The summed E-state index contributed by atoms with van der Waals surface area (Å²) in [4.78, 5) is 16.7. The molecule has 1 N–H and O–H groups in total. The number of esters is 1. The SMILES string of the molecule is CCCCOC(=O)c1ccc(Nc2nc3ccc(C)cc3n3cnnc23)cc1. The summed E-state index contributed by atoms with van der Waals surface area (Å²) >= 11 is 0. The number of rotatable bonds is 6. The van der Waals surface area contributed by atoms with Crippen molar-refractivity contribution in [2.24, 2.45) is 0 Å². The van der Waals surface area contributed by atoms with E-state index in [0.717, 1.165) is 35.1 Å². The molecule has 7 heteroatoms. The van der Waals surface area contributed by atoms with E-state index in [4.69, 9.17) is 9.72 Å². The van der Waals surface area contributed by atoms with E-state index >= 15 is 0 Å². The molecule has 0 fully saturated rings. The number of nitrogens with one attached hydrogen (secondary N) is 1. The lowest BCUT2D eigenvalue weighted by atomic mass is 10.2. The highest BCUT2D eigenvalue weighted by atomic mass is 16.5. The van der Waals surface area contributed by atoms with Crippen molar-refractivity contribution in [3.63, 3.8) is 0 Å². The number of unbranched alkanes of at least 4 members (excludes halogenated alkanes) is 1. The van der Waals surface area contributed by atoms with Crippen LogP contribution < -0.4 is 5.32 Å². The van der Waals surface area contributed by atoms with E-state index < -0.39 is 0 Å². The molecule has 0 aliphatic heterocycles. The second-order valence-electron chi connectivity index (χ2n) is 6.67. The molecule has 4 aromatic rings. The number of hydrogen-bond acceptors (Lipinski definition) is 6. The van der Waals surface area contributed by atoms with E-state index in [1.54, 1.807) is 18.5 Å². The van der Waals surface area contributed by atoms with Crippen LogP contribution in [0.15, 0.2) is 48.8 Å². The fraction of sp³-hybridized carbons (Fsp3) is 0.238. The first-order chi connectivity index (χ1) is 13.7. The van der Waals surface area contributed by atoms with Crippen LogP contribution in [0, 0.1) is 6.92 Å². The van der Waals surface area contributed by atoms with Crippen molar-refractivity contribution in [3.8, 4) is 0 Å². The first kappa shape index (κ1) is 17.9. The smallest absolute Gasteiger partial charge is 0.338 e. The Morgan fingerprint density at radius 2 is 2.00 bits per heavy atom. The van der Waals surface area contributed by atoms with Gasteiger partial charge in [-0.3, -0.25) is 4.40 Å². The lowest BCUT2D eigenvalue weighted by molar-refractivity contribution is 0.0500. The molecule has 2 heterocycles. The summed E-state index contributed by atoms with van der Waals surface area (Å²) in [5, 5.41) is 11.5. The van der Waals surface area contributed by atoms with Gasteiger partial charge in [0.25, 0.3) is 0 Å². The van der Waals surface area contributed by atoms with Gasteiger partial charge in [-0.05, 0) is 55.3 Å². The summed E-state index contributed by atoms with van der Waals surface area (Å²) < 4.78 is 7.15. The predicted octanol–water partition coefficient (Wildman–Crippen LogP) is 4.29. The third kappa shape index (κ3) is 3.51. The molecule has 142 valence electrons. The van der Waals surface area contributed by atoms with Crippen molar-refractivity contribution in [2.45, 2.75) is 26.7 Å². The maximum absolute atomic E-state index is 12.0. The normalized spacial score (nSPS) is 11.1. The Morgan fingerprint density at radius 1 is 1.18 bits per heavy atom. The van der Waals surface area contributed by atoms with Gasteiger partial charge < -0.3 is 10.1 Å². The van der Waals surface area contributed by atoms with Gasteiger partial charge in [0, 0.05) is 5.69 Å². The van der Waals surface area contributed by atoms with Crippen molar-refractivity contribution < 1.29 is 9.53 Å². The maximum atomic E-state index is 12.0. The zero-order chi connectivity index (χ0) is 19.5. The van der Waals surface area contributed by atoms with Crippen molar-refractivity contribution in [2.75, 3.05) is 11.9 Å². The summed E-state index contributed by atoms with van der Waals surface area (Å²) in [6, 6.07) is 13.2. The van der Waals surface area contributed by atoms with E-state index in [9.17, 15) is 4.79 Å². The molecule has 0 unspecified atom stereocenters. The Balaban J connectivity index is 1.60. The zero-order valence-electron chi connectivity index (χ0n) is 15.8. The highest BCUT2D eigenvalue weighted by Crippen LogP contribution is 2.24. The van der Waals surface area contributed by atoms with Gasteiger partial charge in [0.05, 0.1) is 23.2 Å². The van der Waals surface area contributed by atoms with Crippen LogP contribution in [0.4, 0.5) is 11.5 Å². The van der Waals surface area contributed by atoms with E-state index in [1.165, 1.54) is 0 Å². The summed E-state index contributed by atoms with van der Waals surface area (Å²) in [7, 11) is 0. The maximum Gasteiger partial charge on any atom is 0.338 e. The first-order valence-electron chi connectivity index (χ1n) is 9.30. The molecule has 0 aliphatic rings. The highest BCUT2D eigenvalue weighted by Gasteiger charge is 2.12. The number of ether oxygens (including phenoxy) is 1. The molecule has 28 heavy (non-hydrogen) atoms. The Hall–Kier alpha value is -3.48. The highest BCUT2D eigenvalue weighted by molar-refractivity contribution is 5.90. The van der Waals surface area contributed by atoms with Crippen molar-refractivity contribution in [1.82, 2.24) is 19.6 Å². The minimum atomic E-state index is -0.306. The van der Waals surface area contributed by atoms with Gasteiger partial charge in [0.2, 0.25) is 5.65 Å². The molecule has 0 atom stereocenters. The number of fused-ring (bicyclic) bond motifs is 3. The molecule has 0 amide bonds. The summed E-state index contributed by atoms with van der Waals surface area (Å²) in [5.74, 6) is 0.297.